The smallest absolute Gasteiger partial charge is 0.308 e. The summed E-state index contributed by atoms with van der Waals surface area (Å²) in [4.78, 5) is 33.6. The topological polar surface area (TPSA) is 86.1 Å². The van der Waals surface area contributed by atoms with Crippen LogP contribution in [0.1, 0.15) is 56.1 Å². The number of carbonyl (C=O) groups is 2. The van der Waals surface area contributed by atoms with Gasteiger partial charge in [-0.2, -0.15) is 5.26 Å². The van der Waals surface area contributed by atoms with Gasteiger partial charge in [-0.1, -0.05) is 30.3 Å². The minimum Gasteiger partial charge on any atom is -0.494 e. The van der Waals surface area contributed by atoms with Crippen LogP contribution in [0.4, 0.5) is 0 Å². The van der Waals surface area contributed by atoms with Crippen molar-refractivity contribution < 1.29 is 19.1 Å². The Labute approximate surface area is 238 Å². The predicted molar refractivity (Wildman–Crippen MR) is 154 cm³/mol. The molecule has 0 aliphatic carbocycles. The highest BCUT2D eigenvalue weighted by molar-refractivity contribution is 5.87. The molecule has 2 aliphatic rings. The lowest BCUT2D eigenvalue weighted by Crippen LogP contribution is -2.56. The summed E-state index contributed by atoms with van der Waals surface area (Å²) in [7, 11) is 4.12. The molecule has 0 bridgehead atoms. The van der Waals surface area contributed by atoms with Crippen LogP contribution in [0.15, 0.2) is 54.6 Å². The first-order valence-corrected chi connectivity index (χ1v) is 14.5. The van der Waals surface area contributed by atoms with Gasteiger partial charge in [-0.25, -0.2) is 0 Å². The molecule has 0 spiro atoms. The van der Waals surface area contributed by atoms with E-state index in [0.717, 1.165) is 57.2 Å². The Bertz CT molecular complexity index is 1130. The SMILES string of the molecule is CN1CCC(N(C)[C@@H](CC(=O)OCc2ccccc2)C(=O)N2CCCC[C@@H]2CCOc2ccc(C#N)cc2)CC1. The van der Waals surface area contributed by atoms with Gasteiger partial charge in [0, 0.05) is 25.0 Å². The Morgan fingerprint density at radius 2 is 1.75 bits per heavy atom. The summed E-state index contributed by atoms with van der Waals surface area (Å²) in [6.07, 6.45) is 5.65. The summed E-state index contributed by atoms with van der Waals surface area (Å²) in [5.74, 6) is 0.384. The monoisotopic (exact) mass is 546 g/mol. The van der Waals surface area contributed by atoms with E-state index in [2.05, 4.69) is 22.9 Å². The standard InChI is InChI=1S/C32H42N4O4/c1-34-19-15-27(16-20-34)35(2)30(22-31(37)40-24-26-8-4-3-5-9-26)32(38)36-18-7-6-10-28(36)17-21-39-29-13-11-25(23-33)12-14-29/h3-5,8-9,11-14,27-28,30H,6-7,10,15-22,24H2,1-2H3/t28-,30+/m1/s1. The Balaban J connectivity index is 1.42. The molecule has 40 heavy (non-hydrogen) atoms. The first-order chi connectivity index (χ1) is 19.4. The predicted octanol–water partition coefficient (Wildman–Crippen LogP) is 4.24. The molecule has 2 saturated heterocycles. The zero-order valence-electron chi connectivity index (χ0n) is 23.8. The average molecular weight is 547 g/mol. The lowest BCUT2D eigenvalue weighted by atomic mass is 9.96. The Morgan fingerprint density at radius 3 is 2.45 bits per heavy atom. The van der Waals surface area contributed by atoms with Crippen LogP contribution < -0.4 is 4.74 Å². The first kappa shape index (κ1) is 29.6. The van der Waals surface area contributed by atoms with Gasteiger partial charge >= 0.3 is 5.97 Å². The number of ether oxygens (including phenoxy) is 2. The summed E-state index contributed by atoms with van der Waals surface area (Å²) >= 11 is 0. The number of benzene rings is 2. The van der Waals surface area contributed by atoms with E-state index in [0.29, 0.717) is 24.5 Å². The molecule has 0 radical (unpaired) electrons. The van der Waals surface area contributed by atoms with Crippen molar-refractivity contribution in [2.45, 2.75) is 69.7 Å². The van der Waals surface area contributed by atoms with Gasteiger partial charge in [-0.05, 0) is 89.1 Å². The Morgan fingerprint density at radius 1 is 1.02 bits per heavy atom. The Kier molecular flexibility index (Phi) is 11.0. The van der Waals surface area contributed by atoms with Gasteiger partial charge in [0.25, 0.3) is 0 Å². The second-order valence-corrected chi connectivity index (χ2v) is 11.0. The highest BCUT2D eigenvalue weighted by Crippen LogP contribution is 2.26. The summed E-state index contributed by atoms with van der Waals surface area (Å²) in [5.41, 5.74) is 1.53. The quantitative estimate of drug-likeness (QED) is 0.390. The molecule has 0 unspecified atom stereocenters. The van der Waals surface area contributed by atoms with Crippen LogP contribution >= 0.6 is 0 Å². The first-order valence-electron chi connectivity index (χ1n) is 14.5. The minimum absolute atomic E-state index is 0.0150. The fourth-order valence-electron chi connectivity index (χ4n) is 5.74. The van der Waals surface area contributed by atoms with Crippen LogP contribution in [0.5, 0.6) is 5.75 Å². The number of piperidine rings is 2. The van der Waals surface area contributed by atoms with Crippen molar-refractivity contribution in [3.05, 3.63) is 65.7 Å². The molecule has 0 saturated carbocycles. The third-order valence-electron chi connectivity index (χ3n) is 8.26. The zero-order chi connectivity index (χ0) is 28.3. The number of likely N-dealkylation sites (tertiary alicyclic amines) is 2. The van der Waals surface area contributed by atoms with Gasteiger partial charge < -0.3 is 19.3 Å². The number of likely N-dealkylation sites (N-methyl/N-ethyl adjacent to an activating group) is 1. The van der Waals surface area contributed by atoms with Crippen molar-refractivity contribution in [2.75, 3.05) is 40.3 Å². The lowest BCUT2D eigenvalue weighted by molar-refractivity contribution is -0.153. The number of rotatable bonds is 11. The van der Waals surface area contributed by atoms with E-state index in [-0.39, 0.29) is 37.0 Å². The molecule has 2 aliphatic heterocycles. The number of amides is 1. The van der Waals surface area contributed by atoms with Crippen molar-refractivity contribution >= 4 is 11.9 Å². The normalized spacial score (nSPS) is 19.1. The molecule has 1 amide bonds. The molecule has 0 N–H and O–H groups in total. The van der Waals surface area contributed by atoms with E-state index in [9.17, 15) is 9.59 Å². The van der Waals surface area contributed by atoms with Crippen LogP contribution in [0.2, 0.25) is 0 Å². The van der Waals surface area contributed by atoms with Gasteiger partial charge in [-0.15, -0.1) is 0 Å². The van der Waals surface area contributed by atoms with E-state index in [1.165, 1.54) is 0 Å². The number of nitriles is 1. The fourth-order valence-corrected chi connectivity index (χ4v) is 5.74. The van der Waals surface area contributed by atoms with Gasteiger partial charge in [0.2, 0.25) is 5.91 Å². The maximum Gasteiger partial charge on any atom is 0.308 e. The summed E-state index contributed by atoms with van der Waals surface area (Å²) in [6.45, 7) is 3.34. The lowest BCUT2D eigenvalue weighted by Gasteiger charge is -2.43. The molecule has 0 aromatic heterocycles. The molecule has 8 heteroatoms. The van der Waals surface area contributed by atoms with E-state index in [1.807, 2.05) is 42.3 Å². The second-order valence-electron chi connectivity index (χ2n) is 11.0. The van der Waals surface area contributed by atoms with Crippen molar-refractivity contribution in [2.24, 2.45) is 0 Å². The summed E-state index contributed by atoms with van der Waals surface area (Å²) in [6, 6.07) is 18.6. The van der Waals surface area contributed by atoms with Crippen molar-refractivity contribution in [3.63, 3.8) is 0 Å². The minimum atomic E-state index is -0.559. The van der Waals surface area contributed by atoms with E-state index in [1.54, 1.807) is 24.3 Å². The third-order valence-corrected chi connectivity index (χ3v) is 8.26. The molecule has 2 fully saturated rings. The molecule has 2 aromatic carbocycles. The molecule has 8 nitrogen and oxygen atoms in total. The van der Waals surface area contributed by atoms with Crippen LogP contribution in [0, 0.1) is 11.3 Å². The molecular formula is C32H42N4O4. The van der Waals surface area contributed by atoms with Gasteiger partial charge in [0.15, 0.2) is 0 Å². The van der Waals surface area contributed by atoms with E-state index in [4.69, 9.17) is 14.7 Å². The molecule has 4 rings (SSSR count). The van der Waals surface area contributed by atoms with E-state index < -0.39 is 6.04 Å². The fraction of sp³-hybridized carbons (Fsp3) is 0.531. The Hall–Kier alpha value is -3.41. The molecule has 2 aromatic rings. The maximum atomic E-state index is 14.2. The van der Waals surface area contributed by atoms with Gasteiger partial charge in [-0.3, -0.25) is 14.5 Å². The van der Waals surface area contributed by atoms with Crippen LogP contribution in [0.3, 0.4) is 0 Å². The maximum absolute atomic E-state index is 14.2. The van der Waals surface area contributed by atoms with Crippen molar-refractivity contribution in [1.82, 2.24) is 14.7 Å². The zero-order valence-corrected chi connectivity index (χ0v) is 23.8. The molecular weight excluding hydrogens is 504 g/mol. The van der Waals surface area contributed by atoms with Crippen molar-refractivity contribution in [3.8, 4) is 11.8 Å². The summed E-state index contributed by atoms with van der Waals surface area (Å²) in [5, 5.41) is 9.01. The summed E-state index contributed by atoms with van der Waals surface area (Å²) < 4.78 is 11.6. The number of esters is 1. The molecule has 214 valence electrons. The highest BCUT2D eigenvalue weighted by Gasteiger charge is 2.38. The highest BCUT2D eigenvalue weighted by atomic mass is 16.5. The van der Waals surface area contributed by atoms with Crippen molar-refractivity contribution in [1.29, 1.82) is 5.26 Å². The molecule has 2 atom stereocenters. The van der Waals surface area contributed by atoms with Crippen LogP contribution in [0.25, 0.3) is 0 Å². The number of carbonyl (C=O) groups excluding carboxylic acids is 2. The van der Waals surface area contributed by atoms with Gasteiger partial charge in [0.1, 0.15) is 12.4 Å². The second kappa shape index (κ2) is 14.8. The van der Waals surface area contributed by atoms with Gasteiger partial charge in [0.05, 0.1) is 30.7 Å². The molecule has 2 heterocycles. The van der Waals surface area contributed by atoms with Crippen LogP contribution in [-0.4, -0.2) is 85.0 Å². The number of hydrogen-bond donors (Lipinski definition) is 0. The van der Waals surface area contributed by atoms with Crippen LogP contribution in [-0.2, 0) is 20.9 Å². The number of nitrogens with zero attached hydrogens (tertiary/aromatic N) is 4. The largest absolute Gasteiger partial charge is 0.494 e. The number of hydrogen-bond acceptors (Lipinski definition) is 7. The average Bonchev–Trinajstić information content (AvgIpc) is 2.99. The third kappa shape index (κ3) is 8.30. The van der Waals surface area contributed by atoms with E-state index >= 15 is 0 Å².